The third-order valence-electron chi connectivity index (χ3n) is 3.18. The van der Waals surface area contributed by atoms with E-state index in [1.165, 1.54) is 16.8 Å². The third-order valence-corrected chi connectivity index (χ3v) is 3.18. The Morgan fingerprint density at radius 3 is 2.81 bits per heavy atom. The first-order chi connectivity index (χ1) is 7.74. The van der Waals surface area contributed by atoms with Crippen molar-refractivity contribution in [2.45, 2.75) is 26.3 Å². The summed E-state index contributed by atoms with van der Waals surface area (Å²) in [5, 5.41) is 8.94. The molecule has 0 amide bonds. The van der Waals surface area contributed by atoms with Crippen molar-refractivity contribution < 1.29 is 5.11 Å². The second-order valence-corrected chi connectivity index (χ2v) is 4.38. The number of aliphatic hydroxyl groups is 1. The molecule has 2 nitrogen and oxygen atoms in total. The van der Waals surface area contributed by atoms with Gasteiger partial charge in [0.25, 0.3) is 0 Å². The fourth-order valence-electron chi connectivity index (χ4n) is 2.38. The number of anilines is 1. The van der Waals surface area contributed by atoms with Crippen molar-refractivity contribution in [1.82, 2.24) is 0 Å². The zero-order valence-electron chi connectivity index (χ0n) is 9.98. The van der Waals surface area contributed by atoms with Gasteiger partial charge in [-0.15, -0.1) is 0 Å². The Labute approximate surface area is 97.2 Å². The lowest BCUT2D eigenvalue weighted by Crippen LogP contribution is -2.35. The minimum atomic E-state index is 0.258. The molecule has 0 aliphatic carbocycles. The molecule has 1 aromatic carbocycles. The van der Waals surface area contributed by atoms with Gasteiger partial charge in [0.05, 0.1) is 0 Å². The van der Waals surface area contributed by atoms with E-state index in [0.29, 0.717) is 6.04 Å². The number of para-hydroxylation sites is 1. The van der Waals surface area contributed by atoms with Crippen LogP contribution in [0, 0.1) is 0 Å². The first kappa shape index (κ1) is 11.2. The highest BCUT2D eigenvalue weighted by Gasteiger charge is 2.20. The SMILES string of the molecule is CC1=CC(C)N(CCCO)c2ccccc21. The predicted octanol–water partition coefficient (Wildman–Crippen LogP) is 2.68. The van der Waals surface area contributed by atoms with Crippen LogP contribution >= 0.6 is 0 Å². The smallest absolute Gasteiger partial charge is 0.0450 e. The molecule has 1 aromatic rings. The van der Waals surface area contributed by atoms with E-state index in [2.05, 4.69) is 49.1 Å². The van der Waals surface area contributed by atoms with Crippen LogP contribution in [0.3, 0.4) is 0 Å². The number of rotatable bonds is 3. The van der Waals surface area contributed by atoms with E-state index in [1.807, 2.05) is 0 Å². The first-order valence-electron chi connectivity index (χ1n) is 5.89. The number of hydrogen-bond donors (Lipinski definition) is 1. The molecule has 0 fully saturated rings. The molecule has 0 aromatic heterocycles. The highest BCUT2D eigenvalue weighted by atomic mass is 16.3. The molecular weight excluding hydrogens is 198 g/mol. The highest BCUT2D eigenvalue weighted by molar-refractivity contribution is 5.79. The van der Waals surface area contributed by atoms with Gasteiger partial charge in [0.1, 0.15) is 0 Å². The van der Waals surface area contributed by atoms with Crippen LogP contribution < -0.4 is 4.90 Å². The topological polar surface area (TPSA) is 23.5 Å². The van der Waals surface area contributed by atoms with Crippen molar-refractivity contribution in [3.63, 3.8) is 0 Å². The largest absolute Gasteiger partial charge is 0.396 e. The second-order valence-electron chi connectivity index (χ2n) is 4.38. The maximum Gasteiger partial charge on any atom is 0.0450 e. The zero-order chi connectivity index (χ0) is 11.5. The minimum absolute atomic E-state index is 0.258. The summed E-state index contributed by atoms with van der Waals surface area (Å²) in [4.78, 5) is 2.36. The summed E-state index contributed by atoms with van der Waals surface area (Å²) in [6, 6.07) is 8.91. The van der Waals surface area contributed by atoms with Gasteiger partial charge in [-0.1, -0.05) is 24.3 Å². The molecule has 1 heterocycles. The van der Waals surface area contributed by atoms with E-state index in [9.17, 15) is 0 Å². The summed E-state index contributed by atoms with van der Waals surface area (Å²) >= 11 is 0. The van der Waals surface area contributed by atoms with Crippen LogP contribution in [0.15, 0.2) is 30.3 Å². The molecule has 1 aliphatic rings. The van der Waals surface area contributed by atoms with E-state index in [4.69, 9.17) is 5.11 Å². The highest BCUT2D eigenvalue weighted by Crippen LogP contribution is 2.33. The lowest BCUT2D eigenvalue weighted by atomic mass is 9.97. The summed E-state index contributed by atoms with van der Waals surface area (Å²) in [5.74, 6) is 0. The summed E-state index contributed by atoms with van der Waals surface area (Å²) in [5.41, 5.74) is 3.96. The van der Waals surface area contributed by atoms with Crippen LogP contribution in [-0.2, 0) is 0 Å². The van der Waals surface area contributed by atoms with Crippen LogP contribution in [-0.4, -0.2) is 24.3 Å². The van der Waals surface area contributed by atoms with Crippen molar-refractivity contribution in [3.8, 4) is 0 Å². The van der Waals surface area contributed by atoms with Crippen molar-refractivity contribution in [1.29, 1.82) is 0 Å². The Balaban J connectivity index is 2.33. The van der Waals surface area contributed by atoms with Crippen molar-refractivity contribution in [2.75, 3.05) is 18.1 Å². The van der Waals surface area contributed by atoms with Gasteiger partial charge in [-0.3, -0.25) is 0 Å². The van der Waals surface area contributed by atoms with Crippen molar-refractivity contribution >= 4 is 11.3 Å². The average Bonchev–Trinajstić information content (AvgIpc) is 2.29. The number of nitrogens with zero attached hydrogens (tertiary/aromatic N) is 1. The molecule has 1 aliphatic heterocycles. The molecule has 16 heavy (non-hydrogen) atoms. The second kappa shape index (κ2) is 4.71. The van der Waals surface area contributed by atoms with Gasteiger partial charge >= 0.3 is 0 Å². The molecule has 86 valence electrons. The van der Waals surface area contributed by atoms with Crippen LogP contribution in [0.5, 0.6) is 0 Å². The summed E-state index contributed by atoms with van der Waals surface area (Å²) in [6.07, 6.45) is 3.12. The third kappa shape index (κ3) is 1.98. The standard InChI is InChI=1S/C14H19NO/c1-11-10-12(2)15(8-5-9-16)14-7-4-3-6-13(11)14/h3-4,6-7,10,12,16H,5,8-9H2,1-2H3. The number of benzene rings is 1. The van der Waals surface area contributed by atoms with Crippen molar-refractivity contribution in [2.24, 2.45) is 0 Å². The Kier molecular flexibility index (Phi) is 3.30. The Bertz CT molecular complexity index is 397. The molecule has 2 rings (SSSR count). The maximum atomic E-state index is 8.94. The molecule has 0 saturated carbocycles. The number of aliphatic hydroxyl groups excluding tert-OH is 1. The average molecular weight is 217 g/mol. The normalized spacial score (nSPS) is 19.3. The fourth-order valence-corrected chi connectivity index (χ4v) is 2.38. The molecule has 0 radical (unpaired) electrons. The Morgan fingerprint density at radius 2 is 2.06 bits per heavy atom. The van der Waals surface area contributed by atoms with E-state index in [1.54, 1.807) is 0 Å². The molecule has 1 unspecified atom stereocenters. The van der Waals surface area contributed by atoms with Gasteiger partial charge in [-0.2, -0.15) is 0 Å². The quantitative estimate of drug-likeness (QED) is 0.841. The Hall–Kier alpha value is -1.28. The number of hydrogen-bond acceptors (Lipinski definition) is 2. The fraction of sp³-hybridized carbons (Fsp3) is 0.429. The van der Waals surface area contributed by atoms with E-state index >= 15 is 0 Å². The molecule has 0 bridgehead atoms. The number of fused-ring (bicyclic) bond motifs is 1. The van der Waals surface area contributed by atoms with Gasteiger partial charge in [0.2, 0.25) is 0 Å². The predicted molar refractivity (Wildman–Crippen MR) is 68.6 cm³/mol. The molecule has 2 heteroatoms. The van der Waals surface area contributed by atoms with Gasteiger partial charge in [-0.05, 0) is 31.9 Å². The summed E-state index contributed by atoms with van der Waals surface area (Å²) in [7, 11) is 0. The van der Waals surface area contributed by atoms with Gasteiger partial charge in [0.15, 0.2) is 0 Å². The first-order valence-corrected chi connectivity index (χ1v) is 5.89. The van der Waals surface area contributed by atoms with Crippen LogP contribution in [0.25, 0.3) is 5.57 Å². The molecule has 0 spiro atoms. The minimum Gasteiger partial charge on any atom is -0.396 e. The van der Waals surface area contributed by atoms with Crippen LogP contribution in [0.4, 0.5) is 5.69 Å². The lowest BCUT2D eigenvalue weighted by molar-refractivity contribution is 0.289. The van der Waals surface area contributed by atoms with E-state index in [-0.39, 0.29) is 6.61 Å². The van der Waals surface area contributed by atoms with Crippen LogP contribution in [0.1, 0.15) is 25.8 Å². The van der Waals surface area contributed by atoms with Gasteiger partial charge < -0.3 is 10.0 Å². The number of allylic oxidation sites excluding steroid dienone is 1. The van der Waals surface area contributed by atoms with Crippen LogP contribution in [0.2, 0.25) is 0 Å². The van der Waals surface area contributed by atoms with E-state index in [0.717, 1.165) is 13.0 Å². The molecular formula is C14H19NO. The lowest BCUT2D eigenvalue weighted by Gasteiger charge is -2.35. The molecule has 1 atom stereocenters. The van der Waals surface area contributed by atoms with Gasteiger partial charge in [-0.25, -0.2) is 0 Å². The molecule has 1 N–H and O–H groups in total. The molecule has 0 saturated heterocycles. The van der Waals surface area contributed by atoms with E-state index < -0.39 is 0 Å². The van der Waals surface area contributed by atoms with Crippen molar-refractivity contribution in [3.05, 3.63) is 35.9 Å². The zero-order valence-corrected chi connectivity index (χ0v) is 9.98. The summed E-state index contributed by atoms with van der Waals surface area (Å²) < 4.78 is 0. The van der Waals surface area contributed by atoms with Gasteiger partial charge in [0, 0.05) is 30.4 Å². The maximum absolute atomic E-state index is 8.94. The Morgan fingerprint density at radius 1 is 1.31 bits per heavy atom. The monoisotopic (exact) mass is 217 g/mol. The summed E-state index contributed by atoms with van der Waals surface area (Å²) in [6.45, 7) is 5.54.